The van der Waals surface area contributed by atoms with E-state index in [-0.39, 0.29) is 11.6 Å². The fourth-order valence-electron chi connectivity index (χ4n) is 3.42. The second-order valence-electron chi connectivity index (χ2n) is 5.84. The SMILES string of the molecule is CCCNC(c1ccnn1CCC)C1(OC)CCCC1. The van der Waals surface area contributed by atoms with Crippen LogP contribution in [-0.4, -0.2) is 29.0 Å². The van der Waals surface area contributed by atoms with Crippen molar-refractivity contribution in [3.8, 4) is 0 Å². The Morgan fingerprint density at radius 3 is 2.70 bits per heavy atom. The maximum absolute atomic E-state index is 6.01. The summed E-state index contributed by atoms with van der Waals surface area (Å²) in [6.07, 6.45) is 8.97. The van der Waals surface area contributed by atoms with Gasteiger partial charge in [0.05, 0.1) is 17.3 Å². The van der Waals surface area contributed by atoms with Crippen LogP contribution in [0.15, 0.2) is 12.3 Å². The number of nitrogens with zero attached hydrogens (tertiary/aromatic N) is 2. The van der Waals surface area contributed by atoms with Crippen LogP contribution in [-0.2, 0) is 11.3 Å². The molecule has 1 aromatic rings. The van der Waals surface area contributed by atoms with Crippen molar-refractivity contribution in [2.45, 2.75) is 70.6 Å². The lowest BCUT2D eigenvalue weighted by atomic mass is 9.89. The van der Waals surface area contributed by atoms with Crippen molar-refractivity contribution < 1.29 is 4.74 Å². The third-order valence-corrected chi connectivity index (χ3v) is 4.46. The van der Waals surface area contributed by atoms with Gasteiger partial charge in [-0.1, -0.05) is 26.7 Å². The van der Waals surface area contributed by atoms with Crippen LogP contribution in [0.1, 0.15) is 64.1 Å². The first-order valence-corrected chi connectivity index (χ1v) is 8.07. The zero-order chi connectivity index (χ0) is 14.4. The Labute approximate surface area is 122 Å². The van der Waals surface area contributed by atoms with E-state index in [1.54, 1.807) is 0 Å². The van der Waals surface area contributed by atoms with Gasteiger partial charge >= 0.3 is 0 Å². The summed E-state index contributed by atoms with van der Waals surface area (Å²) in [4.78, 5) is 0. The normalized spacial score (nSPS) is 19.4. The van der Waals surface area contributed by atoms with Gasteiger partial charge in [-0.25, -0.2) is 0 Å². The highest BCUT2D eigenvalue weighted by Crippen LogP contribution is 2.42. The van der Waals surface area contributed by atoms with Crippen molar-refractivity contribution in [3.63, 3.8) is 0 Å². The zero-order valence-electron chi connectivity index (χ0n) is 13.2. The van der Waals surface area contributed by atoms with E-state index < -0.39 is 0 Å². The van der Waals surface area contributed by atoms with E-state index in [9.17, 15) is 0 Å². The van der Waals surface area contributed by atoms with Crippen LogP contribution in [0.25, 0.3) is 0 Å². The van der Waals surface area contributed by atoms with Crippen molar-refractivity contribution in [1.29, 1.82) is 0 Å². The summed E-state index contributed by atoms with van der Waals surface area (Å²) in [5, 5.41) is 8.21. The smallest absolute Gasteiger partial charge is 0.0887 e. The van der Waals surface area contributed by atoms with E-state index in [1.165, 1.54) is 18.5 Å². The second-order valence-corrected chi connectivity index (χ2v) is 5.84. The average molecular weight is 279 g/mol. The molecule has 20 heavy (non-hydrogen) atoms. The lowest BCUT2D eigenvalue weighted by Gasteiger charge is -2.37. The molecule has 114 valence electrons. The van der Waals surface area contributed by atoms with Crippen LogP contribution in [0.2, 0.25) is 0 Å². The molecule has 0 amide bonds. The zero-order valence-corrected chi connectivity index (χ0v) is 13.2. The van der Waals surface area contributed by atoms with E-state index in [4.69, 9.17) is 4.74 Å². The molecule has 1 atom stereocenters. The van der Waals surface area contributed by atoms with Gasteiger partial charge < -0.3 is 10.1 Å². The van der Waals surface area contributed by atoms with Crippen LogP contribution < -0.4 is 5.32 Å². The third kappa shape index (κ3) is 3.07. The second kappa shape index (κ2) is 7.23. The van der Waals surface area contributed by atoms with Crippen LogP contribution in [0.3, 0.4) is 0 Å². The van der Waals surface area contributed by atoms with Gasteiger partial charge in [-0.2, -0.15) is 5.10 Å². The monoisotopic (exact) mass is 279 g/mol. The number of aromatic nitrogens is 2. The van der Waals surface area contributed by atoms with Gasteiger partial charge in [-0.3, -0.25) is 4.68 Å². The van der Waals surface area contributed by atoms with Crippen molar-refractivity contribution >= 4 is 0 Å². The molecule has 2 rings (SSSR count). The fraction of sp³-hybridized carbons (Fsp3) is 0.812. The third-order valence-electron chi connectivity index (χ3n) is 4.46. The van der Waals surface area contributed by atoms with E-state index >= 15 is 0 Å². The van der Waals surface area contributed by atoms with Gasteiger partial charge in [0, 0.05) is 19.9 Å². The molecule has 1 aliphatic carbocycles. The van der Waals surface area contributed by atoms with Crippen molar-refractivity contribution in [3.05, 3.63) is 18.0 Å². The number of methoxy groups -OCH3 is 1. The van der Waals surface area contributed by atoms with Gasteiger partial charge in [0.25, 0.3) is 0 Å². The molecule has 1 saturated carbocycles. The topological polar surface area (TPSA) is 39.1 Å². The number of hydrogen-bond acceptors (Lipinski definition) is 3. The predicted octanol–water partition coefficient (Wildman–Crippen LogP) is 3.29. The van der Waals surface area contributed by atoms with Crippen LogP contribution >= 0.6 is 0 Å². The summed E-state index contributed by atoms with van der Waals surface area (Å²) < 4.78 is 8.16. The number of rotatable bonds is 8. The molecule has 1 N–H and O–H groups in total. The number of ether oxygens (including phenoxy) is 1. The Hall–Kier alpha value is -0.870. The van der Waals surface area contributed by atoms with Gasteiger partial charge in [-0.15, -0.1) is 0 Å². The van der Waals surface area contributed by atoms with Crippen molar-refractivity contribution in [2.75, 3.05) is 13.7 Å². The van der Waals surface area contributed by atoms with Crippen LogP contribution in [0.4, 0.5) is 0 Å². The lowest BCUT2D eigenvalue weighted by Crippen LogP contribution is -2.45. The Morgan fingerprint density at radius 2 is 2.10 bits per heavy atom. The summed E-state index contributed by atoms with van der Waals surface area (Å²) in [6.45, 7) is 6.41. The molecule has 0 spiro atoms. The number of nitrogens with one attached hydrogen (secondary N) is 1. The standard InChI is InChI=1S/C16H29N3O/c1-4-11-17-15(16(20-3)9-6-7-10-16)14-8-12-18-19(14)13-5-2/h8,12,15,17H,4-7,9-11,13H2,1-3H3. The maximum Gasteiger partial charge on any atom is 0.0887 e. The summed E-state index contributed by atoms with van der Waals surface area (Å²) in [5.41, 5.74) is 1.23. The molecule has 0 aliphatic heterocycles. The first-order valence-electron chi connectivity index (χ1n) is 8.07. The molecule has 1 fully saturated rings. The quantitative estimate of drug-likeness (QED) is 0.793. The number of aryl methyl sites for hydroxylation is 1. The van der Waals surface area contributed by atoms with Crippen LogP contribution in [0, 0.1) is 0 Å². The highest BCUT2D eigenvalue weighted by molar-refractivity contribution is 5.15. The van der Waals surface area contributed by atoms with Crippen molar-refractivity contribution in [2.24, 2.45) is 0 Å². The molecule has 1 heterocycles. The molecule has 4 heteroatoms. The average Bonchev–Trinajstić information content (AvgIpc) is 3.10. The first kappa shape index (κ1) is 15.5. The Morgan fingerprint density at radius 1 is 1.35 bits per heavy atom. The molecule has 0 saturated heterocycles. The van der Waals surface area contributed by atoms with Crippen LogP contribution in [0.5, 0.6) is 0 Å². The molecule has 1 unspecified atom stereocenters. The van der Waals surface area contributed by atoms with E-state index in [0.717, 1.165) is 38.8 Å². The molecule has 0 radical (unpaired) electrons. The fourth-order valence-corrected chi connectivity index (χ4v) is 3.42. The minimum Gasteiger partial charge on any atom is -0.376 e. The van der Waals surface area contributed by atoms with E-state index in [1.807, 2.05) is 13.3 Å². The van der Waals surface area contributed by atoms with Crippen molar-refractivity contribution in [1.82, 2.24) is 15.1 Å². The predicted molar refractivity (Wildman–Crippen MR) is 81.8 cm³/mol. The van der Waals surface area contributed by atoms with Gasteiger partial charge in [0.2, 0.25) is 0 Å². The maximum atomic E-state index is 6.01. The molecule has 4 nitrogen and oxygen atoms in total. The molecular formula is C16H29N3O. The molecule has 0 bridgehead atoms. The largest absolute Gasteiger partial charge is 0.376 e. The lowest BCUT2D eigenvalue weighted by molar-refractivity contribution is -0.0389. The molecular weight excluding hydrogens is 250 g/mol. The minimum atomic E-state index is -0.0549. The summed E-state index contributed by atoms with van der Waals surface area (Å²) >= 11 is 0. The molecule has 1 aliphatic rings. The minimum absolute atomic E-state index is 0.0549. The summed E-state index contributed by atoms with van der Waals surface area (Å²) in [6, 6.07) is 2.41. The molecule has 1 aromatic heterocycles. The summed E-state index contributed by atoms with van der Waals surface area (Å²) in [7, 11) is 1.87. The van der Waals surface area contributed by atoms with Gasteiger partial charge in [-0.05, 0) is 38.3 Å². The highest BCUT2D eigenvalue weighted by Gasteiger charge is 2.43. The van der Waals surface area contributed by atoms with Gasteiger partial charge in [0.15, 0.2) is 0 Å². The first-order chi connectivity index (χ1) is 9.77. The van der Waals surface area contributed by atoms with Gasteiger partial charge in [0.1, 0.15) is 0 Å². The Balaban J connectivity index is 2.28. The Kier molecular flexibility index (Phi) is 5.61. The highest BCUT2D eigenvalue weighted by atomic mass is 16.5. The summed E-state index contributed by atoms with van der Waals surface area (Å²) in [5.74, 6) is 0. The number of hydrogen-bond donors (Lipinski definition) is 1. The van der Waals surface area contributed by atoms with E-state index in [2.05, 4.69) is 35.0 Å². The molecule has 0 aromatic carbocycles. The van der Waals surface area contributed by atoms with E-state index in [0.29, 0.717) is 0 Å². The Bertz CT molecular complexity index is 396.